The zero-order valence-corrected chi connectivity index (χ0v) is 9.14. The molecule has 2 aromatic heterocycles. The first-order valence-electron chi connectivity index (χ1n) is 5.14. The number of carboxylic acids is 1. The Morgan fingerprint density at radius 3 is 2.69 bits per heavy atom. The van der Waals surface area contributed by atoms with E-state index in [0.29, 0.717) is 24.4 Å². The first kappa shape index (κ1) is 10.5. The molecule has 0 atom stereocenters. The van der Waals surface area contributed by atoms with Gasteiger partial charge in [-0.05, 0) is 12.5 Å². The van der Waals surface area contributed by atoms with E-state index in [2.05, 4.69) is 15.1 Å². The molecule has 0 spiro atoms. The Morgan fingerprint density at radius 2 is 2.12 bits per heavy atom. The Kier molecular flexibility index (Phi) is 2.55. The molecule has 6 heteroatoms. The van der Waals surface area contributed by atoms with Gasteiger partial charge < -0.3 is 5.11 Å². The Hall–Kier alpha value is -1.98. The SMILES string of the molecule is CCc1nc2nc(C(=O)O)cc(CC)n2n1. The van der Waals surface area contributed by atoms with Crippen LogP contribution >= 0.6 is 0 Å². The van der Waals surface area contributed by atoms with Crippen molar-refractivity contribution in [3.8, 4) is 0 Å². The maximum absolute atomic E-state index is 10.9. The molecule has 0 aliphatic carbocycles. The number of nitrogens with zero attached hydrogens (tertiary/aromatic N) is 4. The molecule has 0 aliphatic rings. The van der Waals surface area contributed by atoms with Crippen molar-refractivity contribution in [2.75, 3.05) is 0 Å². The van der Waals surface area contributed by atoms with Crippen LogP contribution in [-0.2, 0) is 12.8 Å². The van der Waals surface area contributed by atoms with Crippen LogP contribution in [0.1, 0.15) is 35.9 Å². The Labute approximate surface area is 92.0 Å². The summed E-state index contributed by atoms with van der Waals surface area (Å²) in [4.78, 5) is 19.0. The fraction of sp³-hybridized carbons (Fsp3) is 0.400. The smallest absolute Gasteiger partial charge is 0.354 e. The summed E-state index contributed by atoms with van der Waals surface area (Å²) in [6, 6.07) is 1.53. The van der Waals surface area contributed by atoms with Gasteiger partial charge in [-0.3, -0.25) is 0 Å². The van der Waals surface area contributed by atoms with E-state index < -0.39 is 5.97 Å². The van der Waals surface area contributed by atoms with Gasteiger partial charge in [0, 0.05) is 12.1 Å². The van der Waals surface area contributed by atoms with Gasteiger partial charge in [0.15, 0.2) is 11.5 Å². The van der Waals surface area contributed by atoms with Crippen molar-refractivity contribution >= 4 is 11.7 Å². The Balaban J connectivity index is 2.70. The number of fused-ring (bicyclic) bond motifs is 1. The molecule has 0 bridgehead atoms. The largest absolute Gasteiger partial charge is 0.477 e. The molecule has 2 aromatic rings. The highest BCUT2D eigenvalue weighted by Gasteiger charge is 2.12. The summed E-state index contributed by atoms with van der Waals surface area (Å²) in [6.07, 6.45) is 1.39. The third-order valence-electron chi connectivity index (χ3n) is 2.33. The second kappa shape index (κ2) is 3.88. The zero-order chi connectivity index (χ0) is 11.7. The molecule has 2 rings (SSSR count). The van der Waals surface area contributed by atoms with Crippen molar-refractivity contribution in [2.24, 2.45) is 0 Å². The van der Waals surface area contributed by atoms with Gasteiger partial charge in [0.2, 0.25) is 0 Å². The second-order valence-electron chi connectivity index (χ2n) is 3.38. The highest BCUT2D eigenvalue weighted by atomic mass is 16.4. The predicted molar refractivity (Wildman–Crippen MR) is 56.5 cm³/mol. The quantitative estimate of drug-likeness (QED) is 0.832. The summed E-state index contributed by atoms with van der Waals surface area (Å²) in [5.74, 6) is -0.0170. The molecule has 2 heterocycles. The summed E-state index contributed by atoms with van der Waals surface area (Å²) in [6.45, 7) is 3.88. The molecule has 84 valence electrons. The van der Waals surface area contributed by atoms with Gasteiger partial charge in [-0.25, -0.2) is 14.3 Å². The minimum absolute atomic E-state index is 0.0133. The number of rotatable bonds is 3. The van der Waals surface area contributed by atoms with Gasteiger partial charge in [-0.1, -0.05) is 13.8 Å². The fourth-order valence-corrected chi connectivity index (χ4v) is 1.48. The number of aryl methyl sites for hydroxylation is 2. The van der Waals surface area contributed by atoms with E-state index in [-0.39, 0.29) is 5.69 Å². The number of carbonyl (C=O) groups is 1. The predicted octanol–water partition coefficient (Wildman–Crippen LogP) is 0.947. The average Bonchev–Trinajstić information content (AvgIpc) is 2.70. The molecule has 1 N–H and O–H groups in total. The lowest BCUT2D eigenvalue weighted by Gasteiger charge is -2.01. The lowest BCUT2D eigenvalue weighted by Crippen LogP contribution is -2.07. The van der Waals surface area contributed by atoms with Gasteiger partial charge in [0.05, 0.1) is 0 Å². The van der Waals surface area contributed by atoms with Gasteiger partial charge in [-0.15, -0.1) is 5.10 Å². The van der Waals surface area contributed by atoms with Crippen molar-refractivity contribution in [2.45, 2.75) is 26.7 Å². The molecule has 0 radical (unpaired) electrons. The first-order chi connectivity index (χ1) is 7.65. The highest BCUT2D eigenvalue weighted by molar-refractivity contribution is 5.85. The summed E-state index contributed by atoms with van der Waals surface area (Å²) in [5, 5.41) is 13.2. The zero-order valence-electron chi connectivity index (χ0n) is 9.14. The number of carboxylic acid groups (broad SMARTS) is 1. The summed E-state index contributed by atoms with van der Waals surface area (Å²) in [5.41, 5.74) is 0.814. The van der Waals surface area contributed by atoms with E-state index in [1.165, 1.54) is 6.07 Å². The third-order valence-corrected chi connectivity index (χ3v) is 2.33. The Morgan fingerprint density at radius 1 is 1.38 bits per heavy atom. The molecule has 0 aromatic carbocycles. The molecular formula is C10H12N4O2. The summed E-state index contributed by atoms with van der Waals surface area (Å²) >= 11 is 0. The maximum atomic E-state index is 10.9. The van der Waals surface area contributed by atoms with Crippen LogP contribution in [0.2, 0.25) is 0 Å². The summed E-state index contributed by atoms with van der Waals surface area (Å²) in [7, 11) is 0. The highest BCUT2D eigenvalue weighted by Crippen LogP contribution is 2.08. The monoisotopic (exact) mass is 220 g/mol. The molecular weight excluding hydrogens is 208 g/mol. The molecule has 0 saturated heterocycles. The van der Waals surface area contributed by atoms with Crippen LogP contribution in [0.5, 0.6) is 0 Å². The van der Waals surface area contributed by atoms with E-state index >= 15 is 0 Å². The number of hydrogen-bond donors (Lipinski definition) is 1. The van der Waals surface area contributed by atoms with Crippen LogP contribution in [0.3, 0.4) is 0 Å². The molecule has 0 amide bonds. The van der Waals surface area contributed by atoms with Crippen LogP contribution in [0, 0.1) is 0 Å². The minimum Gasteiger partial charge on any atom is -0.477 e. The Bertz CT molecular complexity index is 547. The number of aromatic carboxylic acids is 1. The van der Waals surface area contributed by atoms with Crippen LogP contribution in [-0.4, -0.2) is 30.7 Å². The first-order valence-corrected chi connectivity index (χ1v) is 5.14. The lowest BCUT2D eigenvalue weighted by molar-refractivity contribution is 0.0690. The van der Waals surface area contributed by atoms with Gasteiger partial charge in [0.25, 0.3) is 5.78 Å². The molecule has 0 unspecified atom stereocenters. The molecule has 0 saturated carbocycles. The van der Waals surface area contributed by atoms with Crippen molar-refractivity contribution in [1.82, 2.24) is 19.6 Å². The minimum atomic E-state index is -1.04. The van der Waals surface area contributed by atoms with Gasteiger partial charge >= 0.3 is 5.97 Å². The van der Waals surface area contributed by atoms with Crippen molar-refractivity contribution in [1.29, 1.82) is 0 Å². The summed E-state index contributed by atoms with van der Waals surface area (Å²) < 4.78 is 1.60. The lowest BCUT2D eigenvalue weighted by atomic mass is 10.3. The normalized spacial score (nSPS) is 10.9. The van der Waals surface area contributed by atoms with E-state index in [1.54, 1.807) is 4.52 Å². The van der Waals surface area contributed by atoms with Crippen molar-refractivity contribution < 1.29 is 9.90 Å². The molecule has 0 aliphatic heterocycles. The standard InChI is InChI=1S/C10H12N4O2/c1-3-6-5-7(9(15)16)11-10-12-8(4-2)13-14(6)10/h5H,3-4H2,1-2H3,(H,15,16). The fourth-order valence-electron chi connectivity index (χ4n) is 1.48. The van der Waals surface area contributed by atoms with Crippen LogP contribution in [0.4, 0.5) is 0 Å². The van der Waals surface area contributed by atoms with Crippen LogP contribution < -0.4 is 0 Å². The van der Waals surface area contributed by atoms with Gasteiger partial charge in [0.1, 0.15) is 0 Å². The number of aromatic nitrogens is 4. The van der Waals surface area contributed by atoms with E-state index in [9.17, 15) is 4.79 Å². The second-order valence-corrected chi connectivity index (χ2v) is 3.38. The van der Waals surface area contributed by atoms with Gasteiger partial charge in [-0.2, -0.15) is 4.98 Å². The van der Waals surface area contributed by atoms with E-state index in [4.69, 9.17) is 5.11 Å². The molecule has 6 nitrogen and oxygen atoms in total. The van der Waals surface area contributed by atoms with Crippen LogP contribution in [0.15, 0.2) is 6.07 Å². The van der Waals surface area contributed by atoms with E-state index in [0.717, 1.165) is 5.69 Å². The topological polar surface area (TPSA) is 80.4 Å². The van der Waals surface area contributed by atoms with Crippen LogP contribution in [0.25, 0.3) is 5.78 Å². The third kappa shape index (κ3) is 1.62. The van der Waals surface area contributed by atoms with Crippen molar-refractivity contribution in [3.63, 3.8) is 0 Å². The van der Waals surface area contributed by atoms with Crippen molar-refractivity contribution in [3.05, 3.63) is 23.3 Å². The van der Waals surface area contributed by atoms with E-state index in [1.807, 2.05) is 13.8 Å². The molecule has 0 fully saturated rings. The molecule has 16 heavy (non-hydrogen) atoms. The maximum Gasteiger partial charge on any atom is 0.354 e. The average molecular weight is 220 g/mol. The number of hydrogen-bond acceptors (Lipinski definition) is 4.